The molecule has 0 aliphatic carbocycles. The van der Waals surface area contributed by atoms with Crippen LogP contribution in [0.1, 0.15) is 46.3 Å². The van der Waals surface area contributed by atoms with Crippen LogP contribution in [-0.4, -0.2) is 36.7 Å². The highest BCUT2D eigenvalue weighted by molar-refractivity contribution is 5.94. The third-order valence-electron chi connectivity index (χ3n) is 4.47. The first-order chi connectivity index (χ1) is 11.7. The Morgan fingerprint density at radius 1 is 1.42 bits per heavy atom. The number of methoxy groups -OCH3 is 2. The van der Waals surface area contributed by atoms with Crippen LogP contribution in [0.2, 0.25) is 0 Å². The fourth-order valence-electron chi connectivity index (χ4n) is 3.21. The first-order valence-corrected chi connectivity index (χ1v) is 8.04. The highest BCUT2D eigenvalue weighted by Crippen LogP contribution is 2.35. The van der Waals surface area contributed by atoms with E-state index in [0.717, 1.165) is 29.7 Å². The minimum absolute atomic E-state index is 0.0278. The van der Waals surface area contributed by atoms with E-state index in [1.54, 1.807) is 21.1 Å². The third kappa shape index (κ3) is 3.01. The van der Waals surface area contributed by atoms with Gasteiger partial charge in [-0.2, -0.15) is 0 Å². The normalized spacial score (nSPS) is 17.3. The van der Waals surface area contributed by atoms with Gasteiger partial charge in [0.1, 0.15) is 11.5 Å². The Labute approximate surface area is 141 Å². The number of benzene rings is 1. The first-order valence-electron chi connectivity index (χ1n) is 8.04. The van der Waals surface area contributed by atoms with Crippen LogP contribution in [0.5, 0.6) is 5.75 Å². The molecule has 1 saturated heterocycles. The second-order valence-electron chi connectivity index (χ2n) is 5.93. The molecule has 1 aromatic carbocycles. The largest absolute Gasteiger partial charge is 0.497 e. The second-order valence-corrected chi connectivity index (χ2v) is 5.93. The SMILES string of the molecule is COCc1c(C(=O)N2CCCC2c2cccc(OC)c2)noc1C. The van der Waals surface area contributed by atoms with Gasteiger partial charge in [0.25, 0.3) is 5.91 Å². The number of amides is 1. The van der Waals surface area contributed by atoms with Gasteiger partial charge in [0.05, 0.1) is 25.3 Å². The van der Waals surface area contributed by atoms with Crippen LogP contribution < -0.4 is 4.74 Å². The smallest absolute Gasteiger partial charge is 0.276 e. The number of rotatable bonds is 5. The molecule has 0 spiro atoms. The van der Waals surface area contributed by atoms with Crippen molar-refractivity contribution >= 4 is 5.91 Å². The lowest BCUT2D eigenvalue weighted by Crippen LogP contribution is -2.31. The van der Waals surface area contributed by atoms with Gasteiger partial charge in [-0.1, -0.05) is 17.3 Å². The van der Waals surface area contributed by atoms with E-state index < -0.39 is 0 Å². The summed E-state index contributed by atoms with van der Waals surface area (Å²) in [6.07, 6.45) is 1.89. The molecule has 1 atom stereocenters. The summed E-state index contributed by atoms with van der Waals surface area (Å²) in [4.78, 5) is 14.9. The molecule has 1 aromatic heterocycles. The van der Waals surface area contributed by atoms with E-state index in [9.17, 15) is 4.79 Å². The van der Waals surface area contributed by atoms with E-state index in [-0.39, 0.29) is 11.9 Å². The Hall–Kier alpha value is -2.34. The van der Waals surface area contributed by atoms with Crippen LogP contribution in [-0.2, 0) is 11.3 Å². The van der Waals surface area contributed by atoms with Crippen molar-refractivity contribution in [3.8, 4) is 5.75 Å². The van der Waals surface area contributed by atoms with Crippen molar-refractivity contribution in [1.82, 2.24) is 10.1 Å². The van der Waals surface area contributed by atoms with Crippen molar-refractivity contribution in [2.45, 2.75) is 32.4 Å². The van der Waals surface area contributed by atoms with Crippen LogP contribution in [0, 0.1) is 6.92 Å². The number of hydrogen-bond donors (Lipinski definition) is 0. The Balaban J connectivity index is 1.89. The molecule has 128 valence electrons. The minimum atomic E-state index is -0.107. The molecular formula is C18H22N2O4. The van der Waals surface area contributed by atoms with Crippen LogP contribution in [0.3, 0.4) is 0 Å². The molecule has 6 nitrogen and oxygen atoms in total. The summed E-state index contributed by atoms with van der Waals surface area (Å²) < 4.78 is 15.7. The Bertz CT molecular complexity index is 726. The van der Waals surface area contributed by atoms with Gasteiger partial charge in [0.15, 0.2) is 5.69 Å². The number of aromatic nitrogens is 1. The lowest BCUT2D eigenvalue weighted by Gasteiger charge is -2.25. The van der Waals surface area contributed by atoms with Crippen molar-refractivity contribution in [3.63, 3.8) is 0 Å². The van der Waals surface area contributed by atoms with E-state index >= 15 is 0 Å². The van der Waals surface area contributed by atoms with Gasteiger partial charge in [-0.25, -0.2) is 0 Å². The fourth-order valence-corrected chi connectivity index (χ4v) is 3.21. The maximum atomic E-state index is 13.0. The Morgan fingerprint density at radius 2 is 2.25 bits per heavy atom. The van der Waals surface area contributed by atoms with Crippen LogP contribution >= 0.6 is 0 Å². The average Bonchev–Trinajstić information content (AvgIpc) is 3.23. The molecule has 1 unspecified atom stereocenters. The monoisotopic (exact) mass is 330 g/mol. The van der Waals surface area contributed by atoms with Gasteiger partial charge in [-0.15, -0.1) is 0 Å². The van der Waals surface area contributed by atoms with Gasteiger partial charge in [0.2, 0.25) is 0 Å². The third-order valence-corrected chi connectivity index (χ3v) is 4.47. The predicted octanol–water partition coefficient (Wildman–Crippen LogP) is 3.12. The van der Waals surface area contributed by atoms with E-state index in [2.05, 4.69) is 5.16 Å². The van der Waals surface area contributed by atoms with Gasteiger partial charge in [0, 0.05) is 13.7 Å². The minimum Gasteiger partial charge on any atom is -0.497 e. The summed E-state index contributed by atoms with van der Waals surface area (Å²) in [5.74, 6) is 1.31. The first kappa shape index (κ1) is 16.5. The molecular weight excluding hydrogens is 308 g/mol. The topological polar surface area (TPSA) is 64.8 Å². The second kappa shape index (κ2) is 7.05. The van der Waals surface area contributed by atoms with E-state index in [4.69, 9.17) is 14.0 Å². The number of aryl methyl sites for hydroxylation is 1. The van der Waals surface area contributed by atoms with E-state index in [1.165, 1.54) is 0 Å². The molecule has 2 aromatic rings. The number of hydrogen-bond acceptors (Lipinski definition) is 5. The summed E-state index contributed by atoms with van der Waals surface area (Å²) in [5, 5.41) is 3.97. The molecule has 0 N–H and O–H groups in total. The molecule has 0 radical (unpaired) electrons. The molecule has 0 bridgehead atoms. The zero-order valence-corrected chi connectivity index (χ0v) is 14.2. The van der Waals surface area contributed by atoms with Crippen LogP contribution in [0.15, 0.2) is 28.8 Å². The van der Waals surface area contributed by atoms with Crippen molar-refractivity contribution < 1.29 is 18.8 Å². The molecule has 24 heavy (non-hydrogen) atoms. The predicted molar refractivity (Wildman–Crippen MR) is 88.0 cm³/mol. The number of nitrogens with zero attached hydrogens (tertiary/aromatic N) is 2. The Morgan fingerprint density at radius 3 is 3.00 bits per heavy atom. The summed E-state index contributed by atoms with van der Waals surface area (Å²) in [5.41, 5.74) is 2.15. The average molecular weight is 330 g/mol. The quantitative estimate of drug-likeness (QED) is 0.843. The number of ether oxygens (including phenoxy) is 2. The fraction of sp³-hybridized carbons (Fsp3) is 0.444. The Kier molecular flexibility index (Phi) is 4.85. The molecule has 1 aliphatic heterocycles. The van der Waals surface area contributed by atoms with Crippen molar-refractivity contribution in [1.29, 1.82) is 0 Å². The van der Waals surface area contributed by atoms with E-state index in [1.807, 2.05) is 29.2 Å². The summed E-state index contributed by atoms with van der Waals surface area (Å²) >= 11 is 0. The number of carbonyl (C=O) groups excluding carboxylic acids is 1. The summed E-state index contributed by atoms with van der Waals surface area (Å²) in [6, 6.07) is 7.90. The summed E-state index contributed by atoms with van der Waals surface area (Å²) in [7, 11) is 3.24. The van der Waals surface area contributed by atoms with Gasteiger partial charge in [-0.3, -0.25) is 4.79 Å². The molecule has 2 heterocycles. The number of carbonyl (C=O) groups is 1. The van der Waals surface area contributed by atoms with Crippen LogP contribution in [0.25, 0.3) is 0 Å². The molecule has 1 aliphatic rings. The molecule has 1 fully saturated rings. The van der Waals surface area contributed by atoms with Gasteiger partial charge >= 0.3 is 0 Å². The number of likely N-dealkylation sites (tertiary alicyclic amines) is 1. The highest BCUT2D eigenvalue weighted by atomic mass is 16.5. The molecule has 3 rings (SSSR count). The summed E-state index contributed by atoms with van der Waals surface area (Å²) in [6.45, 7) is 2.81. The van der Waals surface area contributed by atoms with E-state index in [0.29, 0.717) is 24.6 Å². The lowest BCUT2D eigenvalue weighted by molar-refractivity contribution is 0.0720. The van der Waals surface area contributed by atoms with Crippen LogP contribution in [0.4, 0.5) is 0 Å². The standard InChI is InChI=1S/C18H22N2O4/c1-12-15(11-22-2)17(19-24-12)18(21)20-9-5-8-16(20)13-6-4-7-14(10-13)23-3/h4,6-7,10,16H,5,8-9,11H2,1-3H3. The zero-order valence-electron chi connectivity index (χ0n) is 14.2. The maximum absolute atomic E-state index is 13.0. The van der Waals surface area contributed by atoms with Gasteiger partial charge in [-0.05, 0) is 37.5 Å². The lowest BCUT2D eigenvalue weighted by atomic mass is 10.0. The highest BCUT2D eigenvalue weighted by Gasteiger charge is 2.34. The van der Waals surface area contributed by atoms with Crippen molar-refractivity contribution in [2.75, 3.05) is 20.8 Å². The van der Waals surface area contributed by atoms with Gasteiger partial charge < -0.3 is 18.9 Å². The molecule has 0 saturated carbocycles. The molecule has 6 heteroatoms. The molecule has 1 amide bonds. The van der Waals surface area contributed by atoms with Crippen molar-refractivity contribution in [2.24, 2.45) is 0 Å². The zero-order chi connectivity index (χ0) is 17.1. The maximum Gasteiger partial charge on any atom is 0.276 e. The van der Waals surface area contributed by atoms with Crippen molar-refractivity contribution in [3.05, 3.63) is 46.8 Å².